The molecular formula is C15H22N4S. The van der Waals surface area contributed by atoms with Gasteiger partial charge in [-0.3, -0.25) is 0 Å². The second-order valence-corrected chi connectivity index (χ2v) is 6.41. The summed E-state index contributed by atoms with van der Waals surface area (Å²) in [5.41, 5.74) is 1.34. The molecule has 4 nitrogen and oxygen atoms in total. The van der Waals surface area contributed by atoms with Crippen LogP contribution in [0, 0.1) is 20.8 Å². The number of anilines is 2. The molecule has 0 spiro atoms. The number of thiophene rings is 1. The number of hydrogen-bond donors (Lipinski definition) is 2. The first-order valence-electron chi connectivity index (χ1n) is 6.92. The average Bonchev–Trinajstić information content (AvgIpc) is 2.68. The first-order chi connectivity index (χ1) is 9.49. The van der Waals surface area contributed by atoms with Crippen molar-refractivity contribution in [3.8, 4) is 0 Å². The van der Waals surface area contributed by atoms with Crippen LogP contribution in [0.2, 0.25) is 0 Å². The van der Waals surface area contributed by atoms with Crippen molar-refractivity contribution in [2.75, 3.05) is 17.2 Å². The van der Waals surface area contributed by atoms with Gasteiger partial charge in [-0.15, -0.1) is 11.3 Å². The Morgan fingerprint density at radius 3 is 2.45 bits per heavy atom. The molecule has 0 saturated carbocycles. The maximum absolute atomic E-state index is 4.46. The monoisotopic (exact) mass is 290 g/mol. The maximum Gasteiger partial charge on any atom is 0.132 e. The normalized spacial score (nSPS) is 12.2. The van der Waals surface area contributed by atoms with Crippen molar-refractivity contribution in [2.24, 2.45) is 0 Å². The van der Waals surface area contributed by atoms with Gasteiger partial charge in [0.2, 0.25) is 0 Å². The molecule has 0 fully saturated rings. The fourth-order valence-electron chi connectivity index (χ4n) is 2.29. The summed E-state index contributed by atoms with van der Waals surface area (Å²) >= 11 is 1.84. The van der Waals surface area contributed by atoms with E-state index >= 15 is 0 Å². The second kappa shape index (κ2) is 6.22. The number of hydrogen-bond acceptors (Lipinski definition) is 5. The Morgan fingerprint density at radius 1 is 1.15 bits per heavy atom. The molecule has 2 aromatic heterocycles. The zero-order valence-electron chi connectivity index (χ0n) is 12.7. The fraction of sp³-hybridized carbons (Fsp3) is 0.467. The highest BCUT2D eigenvalue weighted by Crippen LogP contribution is 2.28. The molecule has 0 aliphatic heterocycles. The molecule has 1 atom stereocenters. The van der Waals surface area contributed by atoms with Crippen molar-refractivity contribution >= 4 is 23.0 Å². The molecule has 0 aliphatic carbocycles. The van der Waals surface area contributed by atoms with E-state index in [0.717, 1.165) is 24.0 Å². The highest BCUT2D eigenvalue weighted by Gasteiger charge is 2.12. The van der Waals surface area contributed by atoms with E-state index in [9.17, 15) is 0 Å². The number of aryl methyl sites for hydroxylation is 3. The molecule has 0 saturated heterocycles. The van der Waals surface area contributed by atoms with Gasteiger partial charge in [0, 0.05) is 22.4 Å². The van der Waals surface area contributed by atoms with Crippen LogP contribution in [0.1, 0.15) is 41.0 Å². The summed E-state index contributed by atoms with van der Waals surface area (Å²) < 4.78 is 0. The molecule has 0 aromatic carbocycles. The molecule has 0 amide bonds. The molecule has 0 radical (unpaired) electrons. The van der Waals surface area contributed by atoms with Crippen LogP contribution in [0.15, 0.2) is 12.1 Å². The maximum atomic E-state index is 4.46. The first kappa shape index (κ1) is 14.8. The van der Waals surface area contributed by atoms with Crippen LogP contribution in [0.3, 0.4) is 0 Å². The summed E-state index contributed by atoms with van der Waals surface area (Å²) in [7, 11) is 0. The minimum atomic E-state index is 0.240. The second-order valence-electron chi connectivity index (χ2n) is 4.95. The Hall–Kier alpha value is -1.62. The van der Waals surface area contributed by atoms with Crippen molar-refractivity contribution in [1.82, 2.24) is 9.97 Å². The SMILES string of the molecule is CCNc1cc(NC(C)c2cc(C)sc2C)nc(C)n1. The van der Waals surface area contributed by atoms with E-state index in [0.29, 0.717) is 0 Å². The van der Waals surface area contributed by atoms with Crippen molar-refractivity contribution in [1.29, 1.82) is 0 Å². The molecular weight excluding hydrogens is 268 g/mol. The van der Waals surface area contributed by atoms with Gasteiger partial charge in [-0.05, 0) is 46.2 Å². The Labute approximate surface area is 124 Å². The van der Waals surface area contributed by atoms with E-state index in [1.54, 1.807) is 0 Å². The van der Waals surface area contributed by atoms with Gasteiger partial charge < -0.3 is 10.6 Å². The Kier molecular flexibility index (Phi) is 4.60. The van der Waals surface area contributed by atoms with Gasteiger partial charge in [-0.2, -0.15) is 0 Å². The van der Waals surface area contributed by atoms with E-state index in [2.05, 4.69) is 54.4 Å². The minimum Gasteiger partial charge on any atom is -0.370 e. The van der Waals surface area contributed by atoms with Crippen molar-refractivity contribution in [3.63, 3.8) is 0 Å². The van der Waals surface area contributed by atoms with Gasteiger partial charge >= 0.3 is 0 Å². The van der Waals surface area contributed by atoms with Gasteiger partial charge in [0.05, 0.1) is 6.04 Å². The zero-order valence-corrected chi connectivity index (χ0v) is 13.6. The van der Waals surface area contributed by atoms with Crippen LogP contribution >= 0.6 is 11.3 Å². The van der Waals surface area contributed by atoms with E-state index in [1.807, 2.05) is 24.3 Å². The number of rotatable bonds is 5. The Balaban J connectivity index is 2.18. The summed E-state index contributed by atoms with van der Waals surface area (Å²) in [6.45, 7) is 11.3. The quantitative estimate of drug-likeness (QED) is 0.871. The van der Waals surface area contributed by atoms with Crippen LogP contribution in [0.4, 0.5) is 11.6 Å². The summed E-state index contributed by atoms with van der Waals surface area (Å²) in [4.78, 5) is 11.5. The standard InChI is InChI=1S/C15H22N4S/c1-6-16-14-8-15(19-12(5)18-14)17-10(3)13-7-9(2)20-11(13)4/h7-8,10H,6H2,1-5H3,(H2,16,17,18,19). The average molecular weight is 290 g/mol. The molecule has 108 valence electrons. The first-order valence-corrected chi connectivity index (χ1v) is 7.74. The van der Waals surface area contributed by atoms with Crippen LogP contribution in [-0.2, 0) is 0 Å². The number of nitrogens with zero attached hydrogens (tertiary/aromatic N) is 2. The molecule has 20 heavy (non-hydrogen) atoms. The lowest BCUT2D eigenvalue weighted by Crippen LogP contribution is -2.10. The highest BCUT2D eigenvalue weighted by molar-refractivity contribution is 7.12. The van der Waals surface area contributed by atoms with Crippen molar-refractivity contribution in [2.45, 2.75) is 40.7 Å². The van der Waals surface area contributed by atoms with Gasteiger partial charge in [-0.25, -0.2) is 9.97 Å². The summed E-state index contributed by atoms with van der Waals surface area (Å²) in [6, 6.07) is 4.45. The third-order valence-corrected chi connectivity index (χ3v) is 4.09. The van der Waals surface area contributed by atoms with Crippen molar-refractivity contribution < 1.29 is 0 Å². The van der Waals surface area contributed by atoms with Gasteiger partial charge in [0.15, 0.2) is 0 Å². The summed E-state index contributed by atoms with van der Waals surface area (Å²) in [6.07, 6.45) is 0. The molecule has 2 aromatic rings. The topological polar surface area (TPSA) is 49.8 Å². The van der Waals surface area contributed by atoms with Gasteiger partial charge in [0.25, 0.3) is 0 Å². The van der Waals surface area contributed by atoms with E-state index in [4.69, 9.17) is 0 Å². The summed E-state index contributed by atoms with van der Waals surface area (Å²) in [5, 5.41) is 6.70. The Bertz CT molecular complexity index is 592. The lowest BCUT2D eigenvalue weighted by atomic mass is 10.1. The predicted molar refractivity (Wildman–Crippen MR) is 86.8 cm³/mol. The summed E-state index contributed by atoms with van der Waals surface area (Å²) in [5.74, 6) is 2.51. The van der Waals surface area contributed by atoms with E-state index in [-0.39, 0.29) is 6.04 Å². The van der Waals surface area contributed by atoms with Crippen LogP contribution in [-0.4, -0.2) is 16.5 Å². The number of nitrogens with one attached hydrogen (secondary N) is 2. The van der Waals surface area contributed by atoms with Gasteiger partial charge in [0.1, 0.15) is 17.5 Å². The van der Waals surface area contributed by atoms with Crippen LogP contribution in [0.5, 0.6) is 0 Å². The highest BCUT2D eigenvalue weighted by atomic mass is 32.1. The smallest absolute Gasteiger partial charge is 0.132 e. The minimum absolute atomic E-state index is 0.240. The molecule has 5 heteroatoms. The third kappa shape index (κ3) is 3.48. The zero-order chi connectivity index (χ0) is 14.7. The number of aromatic nitrogens is 2. The molecule has 0 aliphatic rings. The molecule has 2 rings (SSSR count). The van der Waals surface area contributed by atoms with Gasteiger partial charge in [-0.1, -0.05) is 0 Å². The van der Waals surface area contributed by atoms with Crippen LogP contribution in [0.25, 0.3) is 0 Å². The predicted octanol–water partition coefficient (Wildman–Crippen LogP) is 4.07. The lowest BCUT2D eigenvalue weighted by Gasteiger charge is -2.15. The van der Waals surface area contributed by atoms with Crippen LogP contribution < -0.4 is 10.6 Å². The van der Waals surface area contributed by atoms with E-state index < -0.39 is 0 Å². The molecule has 1 unspecified atom stereocenters. The Morgan fingerprint density at radius 2 is 1.85 bits per heavy atom. The molecule has 2 heterocycles. The van der Waals surface area contributed by atoms with E-state index in [1.165, 1.54) is 15.3 Å². The van der Waals surface area contributed by atoms with Crippen molar-refractivity contribution in [3.05, 3.63) is 33.3 Å². The largest absolute Gasteiger partial charge is 0.370 e. The molecule has 2 N–H and O–H groups in total. The third-order valence-electron chi connectivity index (χ3n) is 3.11. The molecule has 0 bridgehead atoms. The lowest BCUT2D eigenvalue weighted by molar-refractivity contribution is 0.864. The fourth-order valence-corrected chi connectivity index (χ4v) is 3.32.